The molecule has 86 valence electrons. The zero-order valence-electron chi connectivity index (χ0n) is 8.78. The lowest BCUT2D eigenvalue weighted by molar-refractivity contribution is 0.102. The fourth-order valence-corrected chi connectivity index (χ4v) is 1.82. The fourth-order valence-electron chi connectivity index (χ4n) is 1.11. The van der Waals surface area contributed by atoms with Crippen LogP contribution < -0.4 is 5.73 Å². The number of hydrogen-bond donors (Lipinski definition) is 1. The van der Waals surface area contributed by atoms with E-state index >= 15 is 0 Å². The van der Waals surface area contributed by atoms with Gasteiger partial charge >= 0.3 is 0 Å². The number of thioether (sulfide) groups is 1. The quantitative estimate of drug-likeness (QED) is 0.631. The summed E-state index contributed by atoms with van der Waals surface area (Å²) in [6.45, 7) is 0. The van der Waals surface area contributed by atoms with Crippen molar-refractivity contribution in [1.82, 2.24) is 19.9 Å². The first-order valence-corrected chi connectivity index (χ1v) is 5.75. The van der Waals surface area contributed by atoms with Gasteiger partial charge in [0.05, 0.1) is 5.75 Å². The van der Waals surface area contributed by atoms with E-state index in [2.05, 4.69) is 19.9 Å². The number of nitrogens with zero attached hydrogens (tertiary/aromatic N) is 4. The van der Waals surface area contributed by atoms with Crippen molar-refractivity contribution in [1.29, 1.82) is 0 Å². The van der Waals surface area contributed by atoms with E-state index in [-0.39, 0.29) is 17.5 Å². The topological polar surface area (TPSA) is 94.7 Å². The monoisotopic (exact) mass is 247 g/mol. The normalized spacial score (nSPS) is 10.1. The zero-order chi connectivity index (χ0) is 12.1. The van der Waals surface area contributed by atoms with Crippen LogP contribution in [0.15, 0.2) is 36.0 Å². The van der Waals surface area contributed by atoms with Crippen LogP contribution in [0.4, 0.5) is 5.95 Å². The molecule has 0 bridgehead atoms. The minimum absolute atomic E-state index is 0.00335. The van der Waals surface area contributed by atoms with E-state index in [0.717, 1.165) is 0 Å². The summed E-state index contributed by atoms with van der Waals surface area (Å²) in [4.78, 5) is 27.1. The minimum Gasteiger partial charge on any atom is -0.368 e. The molecule has 0 saturated heterocycles. The van der Waals surface area contributed by atoms with Crippen molar-refractivity contribution in [3.63, 3.8) is 0 Å². The average molecular weight is 247 g/mol. The Labute approximate surface area is 102 Å². The van der Waals surface area contributed by atoms with Gasteiger partial charge in [0, 0.05) is 18.0 Å². The lowest BCUT2D eigenvalue weighted by atomic mass is 10.2. The Hall–Kier alpha value is -2.02. The van der Waals surface area contributed by atoms with Crippen LogP contribution in [0.2, 0.25) is 0 Å². The summed E-state index contributed by atoms with van der Waals surface area (Å²) < 4.78 is 0. The summed E-state index contributed by atoms with van der Waals surface area (Å²) in [6.07, 6.45) is 4.49. The van der Waals surface area contributed by atoms with Crippen molar-refractivity contribution in [3.05, 3.63) is 36.4 Å². The van der Waals surface area contributed by atoms with Crippen LogP contribution in [0.1, 0.15) is 10.4 Å². The van der Waals surface area contributed by atoms with Crippen molar-refractivity contribution >= 4 is 23.5 Å². The number of anilines is 1. The highest BCUT2D eigenvalue weighted by atomic mass is 32.2. The van der Waals surface area contributed by atoms with Crippen LogP contribution in [0, 0.1) is 0 Å². The molecule has 0 aliphatic heterocycles. The summed E-state index contributed by atoms with van der Waals surface area (Å²) >= 11 is 1.23. The average Bonchev–Trinajstić information content (AvgIpc) is 2.37. The fraction of sp³-hybridized carbons (Fsp3) is 0.100. The van der Waals surface area contributed by atoms with Gasteiger partial charge < -0.3 is 5.73 Å². The molecule has 0 saturated carbocycles. The van der Waals surface area contributed by atoms with E-state index in [1.165, 1.54) is 18.1 Å². The molecule has 0 unspecified atom stereocenters. The lowest BCUT2D eigenvalue weighted by Crippen LogP contribution is -2.04. The Balaban J connectivity index is 1.97. The van der Waals surface area contributed by atoms with Gasteiger partial charge in [0.15, 0.2) is 10.9 Å². The van der Waals surface area contributed by atoms with Crippen molar-refractivity contribution in [2.45, 2.75) is 5.16 Å². The van der Waals surface area contributed by atoms with Gasteiger partial charge in [-0.25, -0.2) is 9.97 Å². The maximum Gasteiger partial charge on any atom is 0.223 e. The third-order valence-corrected chi connectivity index (χ3v) is 2.76. The van der Waals surface area contributed by atoms with Crippen LogP contribution >= 0.6 is 11.8 Å². The van der Waals surface area contributed by atoms with E-state index in [1.54, 1.807) is 24.5 Å². The number of rotatable bonds is 4. The van der Waals surface area contributed by atoms with Gasteiger partial charge in [0.2, 0.25) is 5.95 Å². The Morgan fingerprint density at radius 2 is 2.06 bits per heavy atom. The van der Waals surface area contributed by atoms with Gasteiger partial charge in [-0.15, -0.1) is 0 Å². The standard InChI is InChI=1S/C10H9N5OS/c11-9-13-6-14-10(15-9)17-5-8(16)7-1-3-12-4-2-7/h1-4,6H,5H2,(H2,11,13,14,15). The molecule has 2 aromatic heterocycles. The van der Waals surface area contributed by atoms with E-state index in [1.807, 2.05) is 0 Å². The third kappa shape index (κ3) is 3.22. The van der Waals surface area contributed by atoms with Gasteiger partial charge in [0.25, 0.3) is 0 Å². The largest absolute Gasteiger partial charge is 0.368 e. The van der Waals surface area contributed by atoms with Gasteiger partial charge in [-0.1, -0.05) is 11.8 Å². The molecule has 0 aliphatic rings. The highest BCUT2D eigenvalue weighted by Crippen LogP contribution is 2.14. The van der Waals surface area contributed by atoms with Crippen LogP contribution in [0.5, 0.6) is 0 Å². The molecule has 17 heavy (non-hydrogen) atoms. The summed E-state index contributed by atoms with van der Waals surface area (Å²) in [7, 11) is 0. The smallest absolute Gasteiger partial charge is 0.223 e. The van der Waals surface area contributed by atoms with E-state index in [4.69, 9.17) is 5.73 Å². The maximum atomic E-state index is 11.8. The summed E-state index contributed by atoms with van der Waals surface area (Å²) in [6, 6.07) is 3.34. The van der Waals surface area contributed by atoms with Crippen molar-refractivity contribution < 1.29 is 4.79 Å². The number of pyridine rings is 1. The summed E-state index contributed by atoms with van der Waals surface area (Å²) in [5.41, 5.74) is 6.03. The first-order valence-electron chi connectivity index (χ1n) is 4.76. The van der Waals surface area contributed by atoms with E-state index in [9.17, 15) is 4.79 Å². The molecule has 0 spiro atoms. The molecular weight excluding hydrogens is 238 g/mol. The first-order chi connectivity index (χ1) is 8.25. The van der Waals surface area contributed by atoms with Crippen molar-refractivity contribution in [3.8, 4) is 0 Å². The Bertz CT molecular complexity index is 519. The molecule has 7 heteroatoms. The second-order valence-electron chi connectivity index (χ2n) is 3.07. The summed E-state index contributed by atoms with van der Waals surface area (Å²) in [5.74, 6) is 0.406. The molecule has 2 heterocycles. The second kappa shape index (κ2) is 5.35. The van der Waals surface area contributed by atoms with Crippen molar-refractivity contribution in [2.24, 2.45) is 0 Å². The molecule has 2 N–H and O–H groups in total. The number of carbonyl (C=O) groups is 1. The number of nitrogen functional groups attached to an aromatic ring is 1. The molecule has 0 aromatic carbocycles. The molecule has 0 radical (unpaired) electrons. The lowest BCUT2D eigenvalue weighted by Gasteiger charge is -2.00. The van der Waals surface area contributed by atoms with Gasteiger partial charge in [0.1, 0.15) is 6.33 Å². The number of ketones is 1. The van der Waals surface area contributed by atoms with Gasteiger partial charge in [-0.3, -0.25) is 9.78 Å². The second-order valence-corrected chi connectivity index (χ2v) is 4.02. The van der Waals surface area contributed by atoms with Gasteiger partial charge in [-0.05, 0) is 12.1 Å². The van der Waals surface area contributed by atoms with Crippen LogP contribution in [0.3, 0.4) is 0 Å². The highest BCUT2D eigenvalue weighted by Gasteiger charge is 2.07. The van der Waals surface area contributed by atoms with Crippen LogP contribution in [-0.4, -0.2) is 31.5 Å². The van der Waals surface area contributed by atoms with E-state index in [0.29, 0.717) is 10.7 Å². The molecule has 6 nitrogen and oxygen atoms in total. The molecule has 0 amide bonds. The Kier molecular flexibility index (Phi) is 3.61. The SMILES string of the molecule is Nc1ncnc(SCC(=O)c2ccncc2)n1. The number of carbonyl (C=O) groups excluding carboxylic acids is 1. The predicted octanol–water partition coefficient (Wildman–Crippen LogP) is 0.824. The molecular formula is C10H9N5OS. The molecule has 0 aliphatic carbocycles. The molecule has 0 fully saturated rings. The highest BCUT2D eigenvalue weighted by molar-refractivity contribution is 7.99. The molecule has 2 rings (SSSR count). The minimum atomic E-state index is -0.00335. The number of aromatic nitrogens is 4. The van der Waals surface area contributed by atoms with Gasteiger partial charge in [-0.2, -0.15) is 4.98 Å². The third-order valence-electron chi connectivity index (χ3n) is 1.90. The molecule has 2 aromatic rings. The van der Waals surface area contributed by atoms with Crippen molar-refractivity contribution in [2.75, 3.05) is 11.5 Å². The number of Topliss-reactive ketones (excluding diaryl/α,β-unsaturated/α-hetero) is 1. The number of nitrogens with two attached hydrogens (primary N) is 1. The zero-order valence-corrected chi connectivity index (χ0v) is 9.59. The predicted molar refractivity (Wildman–Crippen MR) is 63.5 cm³/mol. The van der Waals surface area contributed by atoms with Crippen LogP contribution in [0.25, 0.3) is 0 Å². The first kappa shape index (κ1) is 11.5. The number of hydrogen-bond acceptors (Lipinski definition) is 7. The maximum absolute atomic E-state index is 11.8. The van der Waals surface area contributed by atoms with Crippen LogP contribution in [-0.2, 0) is 0 Å². The van der Waals surface area contributed by atoms with E-state index < -0.39 is 0 Å². The molecule has 0 atom stereocenters. The summed E-state index contributed by atoms with van der Waals surface area (Å²) in [5, 5.41) is 0.444. The Morgan fingerprint density at radius 1 is 1.29 bits per heavy atom. The Morgan fingerprint density at radius 3 is 2.76 bits per heavy atom.